The SMILES string of the molecule is CC1=NN(C(=O)c2ccccc2)C(C)(NNC(=O)c2ccccc2O)C1. The van der Waals surface area contributed by atoms with Gasteiger partial charge in [-0.05, 0) is 38.1 Å². The zero-order valence-electron chi connectivity index (χ0n) is 14.6. The fourth-order valence-electron chi connectivity index (χ4n) is 2.88. The number of rotatable bonds is 4. The number of nitrogens with one attached hydrogen (secondary N) is 2. The van der Waals surface area contributed by atoms with Crippen LogP contribution in [-0.4, -0.2) is 33.3 Å². The van der Waals surface area contributed by atoms with Crippen LogP contribution < -0.4 is 10.9 Å². The van der Waals surface area contributed by atoms with Crippen molar-refractivity contribution < 1.29 is 14.7 Å². The van der Waals surface area contributed by atoms with Gasteiger partial charge in [0, 0.05) is 17.7 Å². The van der Waals surface area contributed by atoms with E-state index in [-0.39, 0.29) is 17.2 Å². The van der Waals surface area contributed by atoms with E-state index in [2.05, 4.69) is 16.0 Å². The third kappa shape index (κ3) is 3.43. The van der Waals surface area contributed by atoms with Crippen molar-refractivity contribution in [1.29, 1.82) is 0 Å². The van der Waals surface area contributed by atoms with Gasteiger partial charge in [-0.25, -0.2) is 10.4 Å². The molecule has 134 valence electrons. The van der Waals surface area contributed by atoms with Crippen LogP contribution in [0.2, 0.25) is 0 Å². The van der Waals surface area contributed by atoms with Gasteiger partial charge in [0.1, 0.15) is 11.4 Å². The number of nitrogens with zero attached hydrogens (tertiary/aromatic N) is 2. The van der Waals surface area contributed by atoms with Gasteiger partial charge in [-0.2, -0.15) is 5.10 Å². The summed E-state index contributed by atoms with van der Waals surface area (Å²) in [4.78, 5) is 25.1. The van der Waals surface area contributed by atoms with Crippen LogP contribution in [0.5, 0.6) is 5.75 Å². The first-order valence-corrected chi connectivity index (χ1v) is 8.20. The molecule has 0 saturated carbocycles. The maximum atomic E-state index is 12.8. The van der Waals surface area contributed by atoms with E-state index < -0.39 is 11.6 Å². The van der Waals surface area contributed by atoms with Crippen LogP contribution >= 0.6 is 0 Å². The number of para-hydroxylation sites is 1. The highest BCUT2D eigenvalue weighted by atomic mass is 16.3. The molecule has 1 aliphatic heterocycles. The fourth-order valence-corrected chi connectivity index (χ4v) is 2.88. The van der Waals surface area contributed by atoms with Gasteiger partial charge in [0.2, 0.25) is 0 Å². The molecular formula is C19H20N4O3. The van der Waals surface area contributed by atoms with Crippen LogP contribution in [0.25, 0.3) is 0 Å². The summed E-state index contributed by atoms with van der Waals surface area (Å²) >= 11 is 0. The Morgan fingerprint density at radius 3 is 2.46 bits per heavy atom. The van der Waals surface area contributed by atoms with Gasteiger partial charge in [-0.15, -0.1) is 0 Å². The van der Waals surface area contributed by atoms with Gasteiger partial charge in [0.15, 0.2) is 0 Å². The molecule has 0 saturated heterocycles. The predicted molar refractivity (Wildman–Crippen MR) is 97.5 cm³/mol. The second-order valence-electron chi connectivity index (χ2n) is 6.37. The van der Waals surface area contributed by atoms with Crippen molar-refractivity contribution in [3.05, 3.63) is 65.7 Å². The van der Waals surface area contributed by atoms with Crippen LogP contribution in [0.3, 0.4) is 0 Å². The Bertz CT molecular complexity index is 866. The zero-order valence-corrected chi connectivity index (χ0v) is 14.6. The first-order chi connectivity index (χ1) is 12.4. The Morgan fingerprint density at radius 1 is 1.12 bits per heavy atom. The van der Waals surface area contributed by atoms with Crippen LogP contribution in [0.4, 0.5) is 0 Å². The maximum absolute atomic E-state index is 12.8. The van der Waals surface area contributed by atoms with Gasteiger partial charge >= 0.3 is 0 Å². The molecule has 2 amide bonds. The average molecular weight is 352 g/mol. The molecule has 3 rings (SSSR count). The minimum absolute atomic E-state index is 0.118. The van der Waals surface area contributed by atoms with E-state index >= 15 is 0 Å². The fraction of sp³-hybridized carbons (Fsp3) is 0.211. The summed E-state index contributed by atoms with van der Waals surface area (Å²) in [5.41, 5.74) is 5.95. The summed E-state index contributed by atoms with van der Waals surface area (Å²) < 4.78 is 0. The number of hydrazone groups is 1. The highest BCUT2D eigenvalue weighted by Crippen LogP contribution is 2.26. The van der Waals surface area contributed by atoms with Crippen LogP contribution in [0, 0.1) is 0 Å². The minimum Gasteiger partial charge on any atom is -0.507 e. The molecule has 7 nitrogen and oxygen atoms in total. The Morgan fingerprint density at radius 2 is 1.77 bits per heavy atom. The maximum Gasteiger partial charge on any atom is 0.275 e. The van der Waals surface area contributed by atoms with Crippen molar-refractivity contribution in [3.63, 3.8) is 0 Å². The molecule has 7 heteroatoms. The number of phenols is 1. The number of hydrazine groups is 1. The molecule has 3 N–H and O–H groups in total. The molecule has 0 radical (unpaired) electrons. The van der Waals surface area contributed by atoms with Gasteiger partial charge in [-0.3, -0.25) is 15.0 Å². The molecule has 1 atom stereocenters. The molecule has 0 aromatic heterocycles. The van der Waals surface area contributed by atoms with Gasteiger partial charge in [0.25, 0.3) is 11.8 Å². The molecule has 1 heterocycles. The number of carbonyl (C=O) groups is 2. The first kappa shape index (κ1) is 17.6. The van der Waals surface area contributed by atoms with E-state index in [4.69, 9.17) is 0 Å². The Kier molecular flexibility index (Phi) is 4.73. The molecule has 0 bridgehead atoms. The monoisotopic (exact) mass is 352 g/mol. The lowest BCUT2D eigenvalue weighted by atomic mass is 10.1. The molecule has 0 aliphatic carbocycles. The minimum atomic E-state index is -0.920. The zero-order chi connectivity index (χ0) is 18.7. The van der Waals surface area contributed by atoms with Gasteiger partial charge in [-0.1, -0.05) is 30.3 Å². The van der Waals surface area contributed by atoms with Crippen molar-refractivity contribution in [1.82, 2.24) is 15.9 Å². The third-order valence-corrected chi connectivity index (χ3v) is 4.15. The smallest absolute Gasteiger partial charge is 0.275 e. The van der Waals surface area contributed by atoms with Crippen molar-refractivity contribution in [2.24, 2.45) is 5.10 Å². The van der Waals surface area contributed by atoms with E-state index in [1.807, 2.05) is 13.0 Å². The number of carbonyl (C=O) groups excluding carboxylic acids is 2. The number of phenolic OH excluding ortho intramolecular Hbond substituents is 1. The van der Waals surface area contributed by atoms with E-state index in [1.54, 1.807) is 43.3 Å². The van der Waals surface area contributed by atoms with Gasteiger partial charge < -0.3 is 5.11 Å². The largest absolute Gasteiger partial charge is 0.507 e. The Hall–Kier alpha value is -3.19. The van der Waals surface area contributed by atoms with Crippen molar-refractivity contribution in [2.75, 3.05) is 0 Å². The second-order valence-corrected chi connectivity index (χ2v) is 6.37. The van der Waals surface area contributed by atoms with E-state index in [0.717, 1.165) is 5.71 Å². The molecule has 2 aromatic carbocycles. The standard InChI is InChI=1S/C19H20N4O3/c1-13-12-19(2,22-20-17(25)15-10-6-7-11-16(15)24)23(21-13)18(26)14-8-4-3-5-9-14/h3-11,22,24H,12H2,1-2H3,(H,20,25). The number of hydrogen-bond donors (Lipinski definition) is 3. The summed E-state index contributed by atoms with van der Waals surface area (Å²) in [5, 5.41) is 15.5. The molecule has 0 fully saturated rings. The summed E-state index contributed by atoms with van der Waals surface area (Å²) in [6.07, 6.45) is 0.451. The van der Waals surface area contributed by atoms with E-state index in [1.165, 1.54) is 17.1 Å². The van der Waals surface area contributed by atoms with E-state index in [0.29, 0.717) is 12.0 Å². The van der Waals surface area contributed by atoms with Crippen LogP contribution in [-0.2, 0) is 0 Å². The molecule has 1 unspecified atom stereocenters. The third-order valence-electron chi connectivity index (χ3n) is 4.15. The first-order valence-electron chi connectivity index (χ1n) is 8.20. The summed E-state index contributed by atoms with van der Waals surface area (Å²) in [6.45, 7) is 3.60. The predicted octanol–water partition coefficient (Wildman–Crippen LogP) is 2.26. The lowest BCUT2D eigenvalue weighted by Crippen LogP contribution is -2.60. The molecule has 1 aliphatic rings. The Balaban J connectivity index is 1.76. The van der Waals surface area contributed by atoms with Crippen LogP contribution in [0.15, 0.2) is 59.7 Å². The number of aromatic hydroxyl groups is 1. The van der Waals surface area contributed by atoms with Crippen molar-refractivity contribution in [3.8, 4) is 5.75 Å². The topological polar surface area (TPSA) is 94.0 Å². The lowest BCUT2D eigenvalue weighted by Gasteiger charge is -2.33. The number of benzene rings is 2. The summed E-state index contributed by atoms with van der Waals surface area (Å²) in [6, 6.07) is 15.1. The lowest BCUT2D eigenvalue weighted by molar-refractivity contribution is 0.0438. The van der Waals surface area contributed by atoms with E-state index in [9.17, 15) is 14.7 Å². The quantitative estimate of drug-likeness (QED) is 0.736. The summed E-state index contributed by atoms with van der Waals surface area (Å²) in [5.74, 6) is -0.886. The molecule has 0 spiro atoms. The number of amides is 2. The highest BCUT2D eigenvalue weighted by Gasteiger charge is 2.41. The summed E-state index contributed by atoms with van der Waals surface area (Å²) in [7, 11) is 0. The Labute approximate surface area is 151 Å². The highest BCUT2D eigenvalue weighted by molar-refractivity contribution is 5.98. The average Bonchev–Trinajstić information content (AvgIpc) is 2.95. The number of hydrogen-bond acceptors (Lipinski definition) is 5. The van der Waals surface area contributed by atoms with Crippen molar-refractivity contribution in [2.45, 2.75) is 25.9 Å². The second kappa shape index (κ2) is 6.97. The molecular weight excluding hydrogens is 332 g/mol. The van der Waals surface area contributed by atoms with Gasteiger partial charge in [0.05, 0.1) is 5.56 Å². The molecule has 2 aromatic rings. The normalized spacial score (nSPS) is 19.2. The van der Waals surface area contributed by atoms with Crippen molar-refractivity contribution >= 4 is 17.5 Å². The molecule has 26 heavy (non-hydrogen) atoms. The van der Waals surface area contributed by atoms with Crippen LogP contribution in [0.1, 0.15) is 41.0 Å².